The van der Waals surface area contributed by atoms with E-state index >= 15 is 0 Å². The number of nitrogens with two attached hydrogens (primary N) is 1. The van der Waals surface area contributed by atoms with Crippen LogP contribution in [0.15, 0.2) is 84.1 Å². The molecule has 192 valence electrons. The summed E-state index contributed by atoms with van der Waals surface area (Å²) in [6, 6.07) is 20.9. The van der Waals surface area contributed by atoms with Crippen LogP contribution >= 0.6 is 0 Å². The molecule has 1 atom stereocenters. The fraction of sp³-hybridized carbons (Fsp3) is 0.310. The number of likely N-dealkylation sites (tertiary alicyclic amines) is 1. The number of amides is 1. The number of pyridine rings is 1. The number of aliphatic imine (C=N–C) groups is 1. The Balaban J connectivity index is 1.29. The third-order valence-electron chi connectivity index (χ3n) is 6.67. The molecule has 0 spiro atoms. The molecular formula is C29H33N5O3. The van der Waals surface area contributed by atoms with Crippen LogP contribution in [0.2, 0.25) is 0 Å². The van der Waals surface area contributed by atoms with Crippen LogP contribution in [-0.4, -0.2) is 54.3 Å². The molecule has 1 fully saturated rings. The van der Waals surface area contributed by atoms with Crippen LogP contribution in [0.4, 0.5) is 0 Å². The van der Waals surface area contributed by atoms with Crippen LogP contribution in [0.5, 0.6) is 5.75 Å². The van der Waals surface area contributed by atoms with Crippen molar-refractivity contribution in [2.24, 2.45) is 16.6 Å². The Morgan fingerprint density at radius 2 is 1.89 bits per heavy atom. The Morgan fingerprint density at radius 1 is 1.14 bits per heavy atom. The number of aldehydes is 1. The number of piperidine rings is 1. The van der Waals surface area contributed by atoms with E-state index in [0.29, 0.717) is 31.3 Å². The van der Waals surface area contributed by atoms with Gasteiger partial charge in [-0.3, -0.25) is 14.8 Å². The molecule has 3 aromatic rings. The maximum absolute atomic E-state index is 12.5. The predicted molar refractivity (Wildman–Crippen MR) is 144 cm³/mol. The van der Waals surface area contributed by atoms with Crippen LogP contribution in [0, 0.1) is 5.92 Å². The molecule has 0 saturated carbocycles. The van der Waals surface area contributed by atoms with E-state index in [9.17, 15) is 9.59 Å². The third-order valence-corrected chi connectivity index (χ3v) is 6.67. The number of benzene rings is 2. The van der Waals surface area contributed by atoms with Gasteiger partial charge in [-0.2, -0.15) is 0 Å². The number of carbonyl (C=O) groups excluding carboxylic acids is 2. The molecular weight excluding hydrogens is 466 g/mol. The van der Waals surface area contributed by atoms with Crippen LogP contribution < -0.4 is 15.8 Å². The highest BCUT2D eigenvalue weighted by molar-refractivity contribution is 5.84. The second kappa shape index (κ2) is 12.2. The average molecular weight is 500 g/mol. The Morgan fingerprint density at radius 3 is 2.59 bits per heavy atom. The summed E-state index contributed by atoms with van der Waals surface area (Å²) in [6.07, 6.45) is 6.04. The maximum atomic E-state index is 12.5. The fourth-order valence-corrected chi connectivity index (χ4v) is 4.38. The summed E-state index contributed by atoms with van der Waals surface area (Å²) in [4.78, 5) is 35.1. The van der Waals surface area contributed by atoms with Gasteiger partial charge in [0.1, 0.15) is 17.6 Å². The molecule has 0 bridgehead atoms. The van der Waals surface area contributed by atoms with Gasteiger partial charge in [-0.05, 0) is 66.6 Å². The molecule has 1 unspecified atom stereocenters. The molecule has 3 N–H and O–H groups in total. The highest BCUT2D eigenvalue weighted by atomic mass is 16.5. The van der Waals surface area contributed by atoms with Crippen molar-refractivity contribution in [1.82, 2.24) is 15.2 Å². The quantitative estimate of drug-likeness (QED) is 0.265. The molecule has 1 aliphatic rings. The molecule has 37 heavy (non-hydrogen) atoms. The first kappa shape index (κ1) is 25.9. The van der Waals surface area contributed by atoms with E-state index in [0.717, 1.165) is 35.8 Å². The highest BCUT2D eigenvalue weighted by Crippen LogP contribution is 2.25. The first-order chi connectivity index (χ1) is 18.0. The van der Waals surface area contributed by atoms with E-state index in [1.165, 1.54) is 0 Å². The lowest BCUT2D eigenvalue weighted by Crippen LogP contribution is -2.48. The van der Waals surface area contributed by atoms with Crippen molar-refractivity contribution in [2.45, 2.75) is 25.3 Å². The van der Waals surface area contributed by atoms with Crippen molar-refractivity contribution < 1.29 is 14.3 Å². The van der Waals surface area contributed by atoms with E-state index in [-0.39, 0.29) is 18.5 Å². The summed E-state index contributed by atoms with van der Waals surface area (Å²) >= 11 is 0. The smallest absolute Gasteiger partial charge is 0.260 e. The van der Waals surface area contributed by atoms with E-state index in [2.05, 4.69) is 15.3 Å². The number of nitrogens with zero attached hydrogens (tertiary/aromatic N) is 3. The van der Waals surface area contributed by atoms with Crippen LogP contribution in [0.3, 0.4) is 0 Å². The number of nitrogens with one attached hydrogen (secondary N) is 1. The van der Waals surface area contributed by atoms with Gasteiger partial charge in [-0.25, -0.2) is 0 Å². The van der Waals surface area contributed by atoms with Crippen LogP contribution in [0.25, 0.3) is 11.1 Å². The Bertz CT molecular complexity index is 1210. The maximum Gasteiger partial charge on any atom is 0.260 e. The van der Waals surface area contributed by atoms with Crippen molar-refractivity contribution in [2.75, 3.05) is 26.2 Å². The number of aromatic nitrogens is 1. The number of ether oxygens (including phenoxy) is 1. The first-order valence-electron chi connectivity index (χ1n) is 12.5. The van der Waals surface area contributed by atoms with Crippen molar-refractivity contribution in [3.63, 3.8) is 0 Å². The average Bonchev–Trinajstić information content (AvgIpc) is 2.96. The highest BCUT2D eigenvalue weighted by Gasteiger charge is 2.28. The number of hydrogen-bond donors (Lipinski definition) is 2. The number of rotatable bonds is 9. The first-order valence-corrected chi connectivity index (χ1v) is 12.5. The van der Waals surface area contributed by atoms with Crippen LogP contribution in [-0.2, 0) is 15.1 Å². The molecule has 1 amide bonds. The number of hydrogen-bond acceptors (Lipinski definition) is 5. The number of carbonyl (C=O) groups is 2. The van der Waals surface area contributed by atoms with E-state index in [1.54, 1.807) is 19.3 Å². The number of para-hydroxylation sites is 1. The van der Waals surface area contributed by atoms with Gasteiger partial charge >= 0.3 is 0 Å². The lowest BCUT2D eigenvalue weighted by molar-refractivity contribution is -0.134. The standard InChI is InChI=1S/C29H33N5O3/c1-29(21-35,25-9-5-7-23(17-25)24-8-6-14-31-19-24)33-28(30)32-18-22-12-15-34(16-13-22)27(36)20-37-26-10-3-2-4-11-26/h2-11,14,17,19,21-22H,12-13,15-16,18,20H2,1H3,(H3,30,32,33). The Labute approximate surface area is 217 Å². The minimum Gasteiger partial charge on any atom is -0.484 e. The van der Waals surface area contributed by atoms with Gasteiger partial charge in [0, 0.05) is 32.0 Å². The summed E-state index contributed by atoms with van der Waals surface area (Å²) in [6.45, 7) is 3.68. The molecule has 2 aromatic carbocycles. The topological polar surface area (TPSA) is 110 Å². The summed E-state index contributed by atoms with van der Waals surface area (Å²) in [5.41, 5.74) is 7.89. The van der Waals surface area contributed by atoms with E-state index < -0.39 is 5.54 Å². The van der Waals surface area contributed by atoms with Crippen molar-refractivity contribution in [3.05, 3.63) is 84.7 Å². The summed E-state index contributed by atoms with van der Waals surface area (Å²) in [5.74, 6) is 1.21. The zero-order chi connectivity index (χ0) is 26.1. The van der Waals surface area contributed by atoms with Gasteiger partial charge in [-0.15, -0.1) is 0 Å². The largest absolute Gasteiger partial charge is 0.484 e. The van der Waals surface area contributed by atoms with Crippen molar-refractivity contribution in [3.8, 4) is 16.9 Å². The predicted octanol–water partition coefficient (Wildman–Crippen LogP) is 3.38. The molecule has 0 aliphatic carbocycles. The van der Waals surface area contributed by atoms with Gasteiger partial charge in [-0.1, -0.05) is 42.5 Å². The molecule has 1 aliphatic heterocycles. The van der Waals surface area contributed by atoms with E-state index in [1.807, 2.05) is 71.6 Å². The molecule has 1 aromatic heterocycles. The summed E-state index contributed by atoms with van der Waals surface area (Å²) in [7, 11) is 0. The lowest BCUT2D eigenvalue weighted by Gasteiger charge is -2.31. The van der Waals surface area contributed by atoms with Gasteiger partial charge in [0.15, 0.2) is 12.6 Å². The molecule has 4 rings (SSSR count). The second-order valence-electron chi connectivity index (χ2n) is 9.42. The van der Waals surface area contributed by atoms with Crippen LogP contribution in [0.1, 0.15) is 25.3 Å². The van der Waals surface area contributed by atoms with Crippen molar-refractivity contribution >= 4 is 18.2 Å². The summed E-state index contributed by atoms with van der Waals surface area (Å²) < 4.78 is 5.58. The zero-order valence-electron chi connectivity index (χ0n) is 21.0. The van der Waals surface area contributed by atoms with Gasteiger partial charge in [0.25, 0.3) is 5.91 Å². The van der Waals surface area contributed by atoms with Gasteiger partial charge < -0.3 is 25.5 Å². The monoisotopic (exact) mass is 499 g/mol. The zero-order valence-corrected chi connectivity index (χ0v) is 21.0. The third kappa shape index (κ3) is 6.94. The van der Waals surface area contributed by atoms with E-state index in [4.69, 9.17) is 10.5 Å². The summed E-state index contributed by atoms with van der Waals surface area (Å²) in [5, 5.41) is 3.10. The lowest BCUT2D eigenvalue weighted by atomic mass is 9.91. The van der Waals surface area contributed by atoms with Gasteiger partial charge in [0.05, 0.1) is 0 Å². The van der Waals surface area contributed by atoms with Crippen molar-refractivity contribution in [1.29, 1.82) is 0 Å². The number of guanidine groups is 1. The molecule has 8 nitrogen and oxygen atoms in total. The normalized spacial score (nSPS) is 16.0. The minimum atomic E-state index is -1.03. The SMILES string of the molecule is CC(C=O)(NC(N)=NCC1CCN(C(=O)COc2ccccc2)CC1)c1cccc(-c2cccnc2)c1. The second-order valence-corrected chi connectivity index (χ2v) is 9.42. The minimum absolute atomic E-state index is 0.0118. The molecule has 0 radical (unpaired) electrons. The Hall–Kier alpha value is -4.20. The fourth-order valence-electron chi connectivity index (χ4n) is 4.38. The molecule has 1 saturated heterocycles. The molecule has 2 heterocycles. The van der Waals surface area contributed by atoms with Gasteiger partial charge in [0.2, 0.25) is 0 Å². The Kier molecular flexibility index (Phi) is 8.51. The molecule has 8 heteroatoms.